The van der Waals surface area contributed by atoms with E-state index in [-0.39, 0.29) is 0 Å². The van der Waals surface area contributed by atoms with Gasteiger partial charge >= 0.3 is 0 Å². The van der Waals surface area contributed by atoms with Gasteiger partial charge in [-0.1, -0.05) is 13.8 Å². The molecule has 0 saturated carbocycles. The molecular weight excluding hydrogens is 288 g/mol. The third kappa shape index (κ3) is 3.36. The Kier molecular flexibility index (Phi) is 4.60. The molecular formula is C19H26N2O2. The van der Waals surface area contributed by atoms with Crippen molar-refractivity contribution in [3.63, 3.8) is 0 Å². The number of piperidine rings is 1. The van der Waals surface area contributed by atoms with Crippen molar-refractivity contribution in [2.45, 2.75) is 39.0 Å². The van der Waals surface area contributed by atoms with E-state index in [1.807, 2.05) is 11.0 Å². The molecule has 4 nitrogen and oxygen atoms in total. The lowest BCUT2D eigenvalue weighted by Crippen LogP contribution is -2.38. The van der Waals surface area contributed by atoms with Gasteiger partial charge in [-0.2, -0.15) is 0 Å². The number of amides is 1. The number of H-pyrrole nitrogens is 1. The molecule has 1 fully saturated rings. The summed E-state index contributed by atoms with van der Waals surface area (Å²) in [7, 11) is 1.70. The Bertz CT molecular complexity index is 682. The number of likely N-dealkylation sites (tertiary alicyclic amines) is 1. The van der Waals surface area contributed by atoms with Gasteiger partial charge < -0.3 is 14.6 Å². The lowest BCUT2D eigenvalue weighted by Gasteiger charge is -2.32. The van der Waals surface area contributed by atoms with Crippen LogP contribution in [0.25, 0.3) is 10.9 Å². The van der Waals surface area contributed by atoms with Crippen LogP contribution in [0.3, 0.4) is 0 Å². The minimum absolute atomic E-state index is 0.305. The molecule has 1 aliphatic rings. The second-order valence-electron chi connectivity index (χ2n) is 6.91. The van der Waals surface area contributed by atoms with Crippen LogP contribution in [0.1, 0.15) is 44.6 Å². The highest BCUT2D eigenvalue weighted by Gasteiger charge is 2.25. The molecule has 1 aliphatic heterocycles. The molecule has 23 heavy (non-hydrogen) atoms. The van der Waals surface area contributed by atoms with Gasteiger partial charge in [-0.25, -0.2) is 0 Å². The quantitative estimate of drug-likeness (QED) is 0.929. The van der Waals surface area contributed by atoms with E-state index in [0.29, 0.717) is 24.2 Å². The van der Waals surface area contributed by atoms with Crippen LogP contribution < -0.4 is 4.74 Å². The predicted octanol–water partition coefficient (Wildman–Crippen LogP) is 3.93. The Morgan fingerprint density at radius 2 is 2.09 bits per heavy atom. The van der Waals surface area contributed by atoms with E-state index >= 15 is 0 Å². The Morgan fingerprint density at radius 1 is 1.35 bits per heavy atom. The molecule has 0 spiro atoms. The molecule has 1 saturated heterocycles. The standard InChI is InChI=1S/C19H26N2O2/c1-13(2)10-19(22)21-8-6-14(7-9-21)17-12-20-18-5-4-15(23-3)11-16(17)18/h4-5,11-14,20H,6-10H2,1-3H3. The van der Waals surface area contributed by atoms with Crippen molar-refractivity contribution < 1.29 is 9.53 Å². The number of carbonyl (C=O) groups excluding carboxylic acids is 1. The largest absolute Gasteiger partial charge is 0.497 e. The fourth-order valence-electron chi connectivity index (χ4n) is 3.50. The van der Waals surface area contributed by atoms with Crippen molar-refractivity contribution in [3.05, 3.63) is 30.0 Å². The van der Waals surface area contributed by atoms with E-state index in [9.17, 15) is 4.79 Å². The van der Waals surface area contributed by atoms with Crippen LogP contribution in [-0.4, -0.2) is 36.0 Å². The highest BCUT2D eigenvalue weighted by Crippen LogP contribution is 2.34. The predicted molar refractivity (Wildman–Crippen MR) is 92.9 cm³/mol. The second kappa shape index (κ2) is 6.65. The molecule has 0 atom stereocenters. The Balaban J connectivity index is 1.71. The summed E-state index contributed by atoms with van der Waals surface area (Å²) >= 11 is 0. The lowest BCUT2D eigenvalue weighted by atomic mass is 9.89. The van der Waals surface area contributed by atoms with E-state index in [4.69, 9.17) is 4.74 Å². The normalized spacial score (nSPS) is 16.3. The second-order valence-corrected chi connectivity index (χ2v) is 6.91. The Labute approximate surface area is 137 Å². The molecule has 0 radical (unpaired) electrons. The van der Waals surface area contributed by atoms with Gasteiger partial charge in [-0.3, -0.25) is 4.79 Å². The number of rotatable bonds is 4. The maximum Gasteiger partial charge on any atom is 0.222 e. The van der Waals surface area contributed by atoms with Gasteiger partial charge in [0.2, 0.25) is 5.91 Å². The van der Waals surface area contributed by atoms with Crippen LogP contribution in [0.5, 0.6) is 5.75 Å². The van der Waals surface area contributed by atoms with Gasteiger partial charge in [0.05, 0.1) is 7.11 Å². The Morgan fingerprint density at radius 3 is 2.74 bits per heavy atom. The average molecular weight is 314 g/mol. The maximum absolute atomic E-state index is 12.2. The highest BCUT2D eigenvalue weighted by atomic mass is 16.5. The zero-order chi connectivity index (χ0) is 16.4. The maximum atomic E-state index is 12.2. The first-order valence-corrected chi connectivity index (χ1v) is 8.51. The number of hydrogen-bond acceptors (Lipinski definition) is 2. The molecule has 124 valence electrons. The Hall–Kier alpha value is -1.97. The zero-order valence-electron chi connectivity index (χ0n) is 14.3. The lowest BCUT2D eigenvalue weighted by molar-refractivity contribution is -0.133. The summed E-state index contributed by atoms with van der Waals surface area (Å²) in [4.78, 5) is 17.6. The van der Waals surface area contributed by atoms with Crippen LogP contribution in [0.15, 0.2) is 24.4 Å². The molecule has 2 heterocycles. The molecule has 0 bridgehead atoms. The molecule has 1 N–H and O–H groups in total. The molecule has 0 aliphatic carbocycles. The first-order valence-electron chi connectivity index (χ1n) is 8.51. The zero-order valence-corrected chi connectivity index (χ0v) is 14.3. The van der Waals surface area contributed by atoms with Crippen LogP contribution >= 0.6 is 0 Å². The third-order valence-electron chi connectivity index (χ3n) is 4.79. The van der Waals surface area contributed by atoms with Crippen molar-refractivity contribution in [1.29, 1.82) is 0 Å². The number of nitrogens with zero attached hydrogens (tertiary/aromatic N) is 1. The average Bonchev–Trinajstić information content (AvgIpc) is 2.97. The van der Waals surface area contributed by atoms with Gasteiger partial charge in [0, 0.05) is 36.6 Å². The number of aromatic nitrogens is 1. The highest BCUT2D eigenvalue weighted by molar-refractivity contribution is 5.85. The van der Waals surface area contributed by atoms with E-state index in [0.717, 1.165) is 37.2 Å². The van der Waals surface area contributed by atoms with Crippen molar-refractivity contribution in [2.24, 2.45) is 5.92 Å². The van der Waals surface area contributed by atoms with Gasteiger partial charge in [0.25, 0.3) is 0 Å². The van der Waals surface area contributed by atoms with Crippen molar-refractivity contribution >= 4 is 16.8 Å². The van der Waals surface area contributed by atoms with Gasteiger partial charge in [0.1, 0.15) is 5.75 Å². The SMILES string of the molecule is COc1ccc2[nH]cc(C3CCN(C(=O)CC(C)C)CC3)c2c1. The molecule has 1 amide bonds. The molecule has 1 aromatic heterocycles. The summed E-state index contributed by atoms with van der Waals surface area (Å²) in [5.41, 5.74) is 2.51. The fourth-order valence-corrected chi connectivity index (χ4v) is 3.50. The first-order chi connectivity index (χ1) is 11.1. The van der Waals surface area contributed by atoms with Crippen LogP contribution in [0, 0.1) is 5.92 Å². The first kappa shape index (κ1) is 15.9. The third-order valence-corrected chi connectivity index (χ3v) is 4.79. The molecule has 3 rings (SSSR count). The molecule has 1 aromatic carbocycles. The van der Waals surface area contributed by atoms with Crippen LogP contribution in [-0.2, 0) is 4.79 Å². The summed E-state index contributed by atoms with van der Waals surface area (Å²) in [6, 6.07) is 6.16. The number of benzene rings is 1. The van der Waals surface area contributed by atoms with Crippen molar-refractivity contribution in [3.8, 4) is 5.75 Å². The summed E-state index contributed by atoms with van der Waals surface area (Å²) in [6.07, 6.45) is 4.86. The summed E-state index contributed by atoms with van der Waals surface area (Å²) < 4.78 is 5.35. The summed E-state index contributed by atoms with van der Waals surface area (Å²) in [6.45, 7) is 5.94. The minimum atomic E-state index is 0.305. The van der Waals surface area contributed by atoms with E-state index < -0.39 is 0 Å². The minimum Gasteiger partial charge on any atom is -0.497 e. The van der Waals surface area contributed by atoms with Gasteiger partial charge in [-0.05, 0) is 48.4 Å². The fraction of sp³-hybridized carbons (Fsp3) is 0.526. The monoisotopic (exact) mass is 314 g/mol. The number of hydrogen-bond donors (Lipinski definition) is 1. The molecule has 4 heteroatoms. The summed E-state index contributed by atoms with van der Waals surface area (Å²) in [5, 5.41) is 1.25. The number of aromatic amines is 1. The number of nitrogens with one attached hydrogen (secondary N) is 1. The molecule has 2 aromatic rings. The van der Waals surface area contributed by atoms with Crippen LogP contribution in [0.2, 0.25) is 0 Å². The number of ether oxygens (including phenoxy) is 1. The van der Waals surface area contributed by atoms with E-state index in [2.05, 4.69) is 37.2 Å². The number of methoxy groups -OCH3 is 1. The van der Waals surface area contributed by atoms with Gasteiger partial charge in [-0.15, -0.1) is 0 Å². The number of carbonyl (C=O) groups is 1. The van der Waals surface area contributed by atoms with Crippen LogP contribution in [0.4, 0.5) is 0 Å². The smallest absolute Gasteiger partial charge is 0.222 e. The van der Waals surface area contributed by atoms with Crippen molar-refractivity contribution in [2.75, 3.05) is 20.2 Å². The van der Waals surface area contributed by atoms with Gasteiger partial charge in [0.15, 0.2) is 0 Å². The topological polar surface area (TPSA) is 45.3 Å². The van der Waals surface area contributed by atoms with E-state index in [1.54, 1.807) is 7.11 Å². The number of fused-ring (bicyclic) bond motifs is 1. The van der Waals surface area contributed by atoms with Crippen molar-refractivity contribution in [1.82, 2.24) is 9.88 Å². The van der Waals surface area contributed by atoms with E-state index in [1.165, 1.54) is 10.9 Å². The molecule has 0 unspecified atom stereocenters. The summed E-state index contributed by atoms with van der Waals surface area (Å²) in [5.74, 6) is 2.14.